The van der Waals surface area contributed by atoms with Gasteiger partial charge in [-0.05, 0) is 18.9 Å². The molecule has 0 amide bonds. The minimum absolute atomic E-state index is 0.0375. The summed E-state index contributed by atoms with van der Waals surface area (Å²) in [6, 6.07) is 1.83. The molecule has 0 radical (unpaired) electrons. The van der Waals surface area contributed by atoms with Crippen molar-refractivity contribution in [1.82, 2.24) is 4.98 Å². The molecule has 1 saturated carbocycles. The Morgan fingerprint density at radius 3 is 3.11 bits per heavy atom. The third-order valence-corrected chi connectivity index (χ3v) is 3.46. The molecule has 18 heavy (non-hydrogen) atoms. The molecule has 4 nitrogen and oxygen atoms in total. The highest BCUT2D eigenvalue weighted by Gasteiger charge is 2.26. The van der Waals surface area contributed by atoms with Gasteiger partial charge in [0.05, 0.1) is 10.7 Å². The van der Waals surface area contributed by atoms with Crippen LogP contribution in [0.1, 0.15) is 29.5 Å². The van der Waals surface area contributed by atoms with Crippen molar-refractivity contribution in [1.29, 1.82) is 5.26 Å². The van der Waals surface area contributed by atoms with Gasteiger partial charge in [-0.1, -0.05) is 12.7 Å². The van der Waals surface area contributed by atoms with Gasteiger partial charge < -0.3 is 4.74 Å². The molecular weight excluding hydrogens is 248 g/mol. The Bertz CT molecular complexity index is 535. The molecule has 5 heteroatoms. The molecular formula is C13H12N2O2S. The molecule has 1 aromatic heterocycles. The van der Waals surface area contributed by atoms with Gasteiger partial charge >= 0.3 is 5.97 Å². The molecule has 1 fully saturated rings. The number of rotatable bonds is 5. The van der Waals surface area contributed by atoms with Crippen LogP contribution in [0.15, 0.2) is 23.6 Å². The van der Waals surface area contributed by atoms with Crippen LogP contribution in [-0.2, 0) is 9.53 Å². The van der Waals surface area contributed by atoms with E-state index in [-0.39, 0.29) is 12.2 Å². The van der Waals surface area contributed by atoms with Crippen LogP contribution in [-0.4, -0.2) is 17.6 Å². The molecule has 0 saturated heterocycles. The highest BCUT2D eigenvalue weighted by Crippen LogP contribution is 2.41. The number of hydrogen-bond donors (Lipinski definition) is 0. The lowest BCUT2D eigenvalue weighted by Gasteiger charge is -1.98. The summed E-state index contributed by atoms with van der Waals surface area (Å²) in [5, 5.41) is 11.9. The second kappa shape index (κ2) is 5.61. The molecule has 0 aromatic carbocycles. The molecule has 0 N–H and O–H groups in total. The predicted octanol–water partition coefficient (Wildman–Crippen LogP) is 2.66. The van der Waals surface area contributed by atoms with Crippen LogP contribution < -0.4 is 0 Å². The van der Waals surface area contributed by atoms with Crippen LogP contribution in [0.3, 0.4) is 0 Å². The maximum Gasteiger partial charge on any atom is 0.349 e. The van der Waals surface area contributed by atoms with Gasteiger partial charge in [0.25, 0.3) is 0 Å². The molecule has 1 aliphatic carbocycles. The van der Waals surface area contributed by atoms with Crippen molar-refractivity contribution in [3.63, 3.8) is 0 Å². The lowest BCUT2D eigenvalue weighted by Crippen LogP contribution is -2.06. The molecule has 92 valence electrons. The van der Waals surface area contributed by atoms with Crippen LogP contribution >= 0.6 is 11.3 Å². The third-order valence-electron chi connectivity index (χ3n) is 2.43. The Hall–Kier alpha value is -1.93. The maximum atomic E-state index is 11.5. The zero-order valence-corrected chi connectivity index (χ0v) is 10.6. The zero-order chi connectivity index (χ0) is 13.0. The zero-order valence-electron chi connectivity index (χ0n) is 9.76. The van der Waals surface area contributed by atoms with Gasteiger partial charge in [-0.2, -0.15) is 5.26 Å². The molecule has 2 rings (SSSR count). The molecule has 1 aliphatic rings. The number of hydrogen-bond acceptors (Lipinski definition) is 5. The Kier molecular flexibility index (Phi) is 3.90. The van der Waals surface area contributed by atoms with Crippen molar-refractivity contribution in [2.75, 3.05) is 6.61 Å². The number of thiazole rings is 1. The van der Waals surface area contributed by atoms with E-state index in [0.717, 1.165) is 5.01 Å². The Morgan fingerprint density at radius 2 is 2.50 bits per heavy atom. The molecule has 0 atom stereocenters. The average molecular weight is 260 g/mol. The summed E-state index contributed by atoms with van der Waals surface area (Å²) in [5.74, 6) is -0.0613. The standard InChI is InChI=1S/C13H12N2O2S/c1-2-5-17-13(16)10(7-14)6-11-8-18-12(15-11)9-3-4-9/h2,6,8-9H,1,3-5H2/b10-6-. The fourth-order valence-electron chi connectivity index (χ4n) is 1.38. The number of aromatic nitrogens is 1. The first-order valence-electron chi connectivity index (χ1n) is 5.60. The summed E-state index contributed by atoms with van der Waals surface area (Å²) < 4.78 is 4.81. The van der Waals surface area contributed by atoms with Gasteiger partial charge in [-0.25, -0.2) is 9.78 Å². The Labute approximate surface area is 109 Å². The Balaban J connectivity index is 2.09. The SMILES string of the molecule is C=CCOC(=O)/C(C#N)=C\c1csc(C2CC2)n1. The van der Waals surface area contributed by atoms with Crippen LogP contribution in [0.4, 0.5) is 0 Å². The van der Waals surface area contributed by atoms with Gasteiger partial charge in [0, 0.05) is 11.3 Å². The van der Waals surface area contributed by atoms with Crippen molar-refractivity contribution in [3.05, 3.63) is 34.3 Å². The van der Waals surface area contributed by atoms with E-state index >= 15 is 0 Å². The van der Waals surface area contributed by atoms with Crippen molar-refractivity contribution >= 4 is 23.4 Å². The quantitative estimate of drug-likeness (QED) is 0.353. The molecule has 1 heterocycles. The fraction of sp³-hybridized carbons (Fsp3) is 0.308. The summed E-state index contributed by atoms with van der Waals surface area (Å²) in [7, 11) is 0. The van der Waals surface area contributed by atoms with Gasteiger partial charge in [0.1, 0.15) is 18.2 Å². The normalized spacial score (nSPS) is 14.9. The van der Waals surface area contributed by atoms with Crippen molar-refractivity contribution in [2.45, 2.75) is 18.8 Å². The van der Waals surface area contributed by atoms with Gasteiger partial charge in [-0.15, -0.1) is 11.3 Å². The second-order valence-corrected chi connectivity index (χ2v) is 4.83. The predicted molar refractivity (Wildman–Crippen MR) is 68.8 cm³/mol. The van der Waals surface area contributed by atoms with Crippen LogP contribution in [0.2, 0.25) is 0 Å². The first-order chi connectivity index (χ1) is 8.74. The topological polar surface area (TPSA) is 63.0 Å². The number of nitrogens with zero attached hydrogens (tertiary/aromatic N) is 2. The molecule has 0 aliphatic heterocycles. The largest absolute Gasteiger partial charge is 0.457 e. The van der Waals surface area contributed by atoms with E-state index in [1.165, 1.54) is 25.0 Å². The van der Waals surface area contributed by atoms with Crippen molar-refractivity contribution < 1.29 is 9.53 Å². The summed E-state index contributed by atoms with van der Waals surface area (Å²) in [5.41, 5.74) is 0.610. The van der Waals surface area contributed by atoms with Gasteiger partial charge in [0.15, 0.2) is 0 Å². The van der Waals surface area contributed by atoms with Crippen molar-refractivity contribution in [2.24, 2.45) is 0 Å². The lowest BCUT2D eigenvalue weighted by atomic mass is 10.2. The van der Waals surface area contributed by atoms with Crippen LogP contribution in [0, 0.1) is 11.3 Å². The summed E-state index contributed by atoms with van der Waals surface area (Å²) in [6.07, 6.45) is 5.29. The molecule has 0 spiro atoms. The van der Waals surface area contributed by atoms with Gasteiger partial charge in [-0.3, -0.25) is 0 Å². The summed E-state index contributed by atoms with van der Waals surface area (Å²) in [4.78, 5) is 15.9. The fourth-order valence-corrected chi connectivity index (χ4v) is 2.33. The number of esters is 1. The minimum Gasteiger partial charge on any atom is -0.457 e. The lowest BCUT2D eigenvalue weighted by molar-refractivity contribution is -0.137. The van der Waals surface area contributed by atoms with Crippen LogP contribution in [0.5, 0.6) is 0 Å². The average Bonchev–Trinajstić information content (AvgIpc) is 3.13. The Morgan fingerprint density at radius 1 is 1.72 bits per heavy atom. The molecule has 0 unspecified atom stereocenters. The van der Waals surface area contributed by atoms with E-state index in [2.05, 4.69) is 11.6 Å². The maximum absolute atomic E-state index is 11.5. The number of carbonyl (C=O) groups is 1. The number of carbonyl (C=O) groups excluding carboxylic acids is 1. The van der Waals surface area contributed by atoms with E-state index in [1.54, 1.807) is 11.3 Å². The van der Waals surface area contributed by atoms with E-state index < -0.39 is 5.97 Å². The van der Waals surface area contributed by atoms with E-state index in [0.29, 0.717) is 11.6 Å². The highest BCUT2D eigenvalue weighted by atomic mass is 32.1. The van der Waals surface area contributed by atoms with E-state index in [4.69, 9.17) is 10.00 Å². The number of ether oxygens (including phenoxy) is 1. The van der Waals surface area contributed by atoms with Gasteiger partial charge in [0.2, 0.25) is 0 Å². The first kappa shape index (κ1) is 12.5. The smallest absolute Gasteiger partial charge is 0.349 e. The monoisotopic (exact) mass is 260 g/mol. The molecule has 0 bridgehead atoms. The van der Waals surface area contributed by atoms with E-state index in [9.17, 15) is 4.79 Å². The number of nitriles is 1. The highest BCUT2D eigenvalue weighted by molar-refractivity contribution is 7.09. The minimum atomic E-state index is -0.640. The summed E-state index contributed by atoms with van der Waals surface area (Å²) in [6.45, 7) is 3.54. The first-order valence-corrected chi connectivity index (χ1v) is 6.47. The van der Waals surface area contributed by atoms with Crippen molar-refractivity contribution in [3.8, 4) is 6.07 Å². The second-order valence-electron chi connectivity index (χ2n) is 3.94. The molecule has 1 aromatic rings. The third kappa shape index (κ3) is 3.05. The van der Waals surface area contributed by atoms with E-state index in [1.807, 2.05) is 11.4 Å². The van der Waals surface area contributed by atoms with Crippen LogP contribution in [0.25, 0.3) is 6.08 Å². The summed E-state index contributed by atoms with van der Waals surface area (Å²) >= 11 is 1.57.